The highest BCUT2D eigenvalue weighted by atomic mass is 35.5. The van der Waals surface area contributed by atoms with Gasteiger partial charge in [-0.2, -0.15) is 0 Å². The maximum Gasteiger partial charge on any atom is 0.265 e. The lowest BCUT2D eigenvalue weighted by Gasteiger charge is -2.06. The topological polar surface area (TPSA) is 72.0 Å². The molecule has 0 saturated heterocycles. The summed E-state index contributed by atoms with van der Waals surface area (Å²) < 4.78 is 39.8. The molecule has 1 unspecified atom stereocenters. The second-order valence-corrected chi connectivity index (χ2v) is 10.9. The van der Waals surface area contributed by atoms with Crippen molar-refractivity contribution in [1.29, 1.82) is 0 Å². The van der Waals surface area contributed by atoms with Crippen LogP contribution in [0.4, 0.5) is 9.52 Å². The molecule has 0 aliphatic heterocycles. The van der Waals surface area contributed by atoms with Gasteiger partial charge in [-0.15, -0.1) is 33.4 Å². The normalized spacial score (nSPS) is 19.2. The Hall–Kier alpha value is -0.320. The van der Waals surface area contributed by atoms with Gasteiger partial charge in [0.05, 0.1) is 5.02 Å². The Labute approximate surface area is 160 Å². The van der Waals surface area contributed by atoms with Crippen LogP contribution in [0.15, 0.2) is 27.4 Å². The lowest BCUT2D eigenvalue weighted by Crippen LogP contribution is -2.13. The molecular weight excluding hydrogens is 440 g/mol. The van der Waals surface area contributed by atoms with Crippen LogP contribution in [0.2, 0.25) is 5.02 Å². The maximum atomic E-state index is 13.0. The van der Waals surface area contributed by atoms with Gasteiger partial charge in [-0.25, -0.2) is 12.8 Å². The van der Waals surface area contributed by atoms with Crippen molar-refractivity contribution in [2.24, 2.45) is 5.92 Å². The van der Waals surface area contributed by atoms with Gasteiger partial charge in [0.2, 0.25) is 5.13 Å². The molecule has 2 aromatic rings. The van der Waals surface area contributed by atoms with E-state index in [9.17, 15) is 12.8 Å². The largest absolute Gasteiger partial charge is 0.265 e. The Kier molecular flexibility index (Phi) is 5.21. The third-order valence-corrected chi connectivity index (χ3v) is 8.19. The number of anilines is 1. The number of aromatic nitrogens is 2. The van der Waals surface area contributed by atoms with Crippen molar-refractivity contribution < 1.29 is 12.8 Å². The molecule has 5 nitrogen and oxygen atoms in total. The number of halogens is 4. The lowest BCUT2D eigenvalue weighted by atomic mass is 10.3. The van der Waals surface area contributed by atoms with E-state index >= 15 is 0 Å². The van der Waals surface area contributed by atoms with Gasteiger partial charge in [0.25, 0.3) is 10.0 Å². The minimum Gasteiger partial charge on any atom is -0.253 e. The number of hydrogen-bond acceptors (Lipinski definition) is 6. The van der Waals surface area contributed by atoms with E-state index in [1.165, 1.54) is 11.8 Å². The zero-order chi connectivity index (χ0) is 17.5. The van der Waals surface area contributed by atoms with Gasteiger partial charge in [-0.1, -0.05) is 34.7 Å². The first kappa shape index (κ1) is 18.5. The van der Waals surface area contributed by atoms with Gasteiger partial charge in [-0.05, 0) is 24.6 Å². The van der Waals surface area contributed by atoms with Gasteiger partial charge in [0.1, 0.15) is 15.0 Å². The van der Waals surface area contributed by atoms with E-state index in [0.29, 0.717) is 10.1 Å². The summed E-state index contributed by atoms with van der Waals surface area (Å²) in [5.41, 5.74) is 0. The first-order valence-corrected chi connectivity index (χ1v) is 10.9. The van der Waals surface area contributed by atoms with E-state index in [1.54, 1.807) is 0 Å². The lowest BCUT2D eigenvalue weighted by molar-refractivity contribution is 0.599. The van der Waals surface area contributed by atoms with Crippen molar-refractivity contribution in [1.82, 2.24) is 10.2 Å². The number of benzene rings is 1. The highest BCUT2D eigenvalue weighted by Crippen LogP contribution is 2.55. The molecule has 1 aromatic heterocycles. The molecule has 1 aliphatic rings. The molecule has 3 rings (SSSR count). The first-order valence-electron chi connectivity index (χ1n) is 6.49. The second-order valence-electron chi connectivity index (χ2n) is 5.03. The molecule has 1 aliphatic carbocycles. The fourth-order valence-corrected chi connectivity index (χ4v) is 6.27. The predicted molar refractivity (Wildman–Crippen MR) is 95.4 cm³/mol. The molecule has 1 atom stereocenters. The van der Waals surface area contributed by atoms with E-state index < -0.39 is 20.2 Å². The van der Waals surface area contributed by atoms with Gasteiger partial charge >= 0.3 is 0 Å². The molecule has 0 bridgehead atoms. The summed E-state index contributed by atoms with van der Waals surface area (Å²) in [6.45, 7) is 0. The average Bonchev–Trinajstić information content (AvgIpc) is 2.87. The number of sulfonamides is 1. The van der Waals surface area contributed by atoms with E-state index in [0.717, 1.165) is 36.0 Å². The maximum absolute atomic E-state index is 13.0. The molecule has 1 saturated carbocycles. The molecule has 1 aromatic carbocycles. The van der Waals surface area contributed by atoms with Gasteiger partial charge in [0.15, 0.2) is 4.34 Å². The Bertz CT molecular complexity index is 875. The van der Waals surface area contributed by atoms with Crippen LogP contribution in [0.3, 0.4) is 0 Å². The second kappa shape index (κ2) is 6.77. The standard InChI is InChI=1S/C12H9Cl3FN3O2S3/c13-8-3-7(16)1-2-9(8)24(20,21)19-10-17-18-11(23-10)22-5-6-4-12(6,14)15/h1-3,6H,4-5H2,(H,17,19). The van der Waals surface area contributed by atoms with Crippen LogP contribution in [-0.2, 0) is 10.0 Å². The van der Waals surface area contributed by atoms with Crippen LogP contribution in [0.1, 0.15) is 6.42 Å². The summed E-state index contributed by atoms with van der Waals surface area (Å²) in [6.07, 6.45) is 0.727. The van der Waals surface area contributed by atoms with Crippen molar-refractivity contribution in [3.63, 3.8) is 0 Å². The Morgan fingerprint density at radius 2 is 2.12 bits per heavy atom. The Morgan fingerprint density at radius 1 is 1.42 bits per heavy atom. The van der Waals surface area contributed by atoms with Crippen molar-refractivity contribution in [2.75, 3.05) is 10.5 Å². The predicted octanol–water partition coefficient (Wildman–Crippen LogP) is 4.42. The van der Waals surface area contributed by atoms with E-state index in [1.807, 2.05) is 0 Å². The quantitative estimate of drug-likeness (QED) is 0.523. The van der Waals surface area contributed by atoms with Crippen LogP contribution in [-0.4, -0.2) is 28.7 Å². The molecule has 0 amide bonds. The molecule has 24 heavy (non-hydrogen) atoms. The van der Waals surface area contributed by atoms with Gasteiger partial charge in [0, 0.05) is 11.7 Å². The summed E-state index contributed by atoms with van der Waals surface area (Å²) >= 11 is 20.2. The Balaban J connectivity index is 1.67. The van der Waals surface area contributed by atoms with E-state index in [-0.39, 0.29) is 21.0 Å². The van der Waals surface area contributed by atoms with Crippen molar-refractivity contribution >= 4 is 73.1 Å². The average molecular weight is 449 g/mol. The summed E-state index contributed by atoms with van der Waals surface area (Å²) in [4.78, 5) is -0.234. The first-order chi connectivity index (χ1) is 11.2. The molecule has 1 heterocycles. The minimum atomic E-state index is -3.98. The smallest absolute Gasteiger partial charge is 0.253 e. The van der Waals surface area contributed by atoms with Crippen LogP contribution in [0.5, 0.6) is 0 Å². The van der Waals surface area contributed by atoms with Gasteiger partial charge in [-0.3, -0.25) is 4.72 Å². The molecular formula is C12H9Cl3FN3O2S3. The van der Waals surface area contributed by atoms with Crippen molar-refractivity contribution in [3.05, 3.63) is 29.0 Å². The van der Waals surface area contributed by atoms with E-state index in [2.05, 4.69) is 14.9 Å². The van der Waals surface area contributed by atoms with Crippen LogP contribution in [0.25, 0.3) is 0 Å². The number of nitrogens with one attached hydrogen (secondary N) is 1. The number of alkyl halides is 2. The SMILES string of the molecule is O=S(=O)(Nc1nnc(SCC2CC2(Cl)Cl)s1)c1ccc(F)cc1Cl. The van der Waals surface area contributed by atoms with Crippen molar-refractivity contribution in [2.45, 2.75) is 20.0 Å². The highest BCUT2D eigenvalue weighted by Gasteiger charge is 2.51. The number of thioether (sulfide) groups is 1. The zero-order valence-electron chi connectivity index (χ0n) is 11.7. The summed E-state index contributed by atoms with van der Waals surface area (Å²) in [6, 6.07) is 3.03. The van der Waals surface area contributed by atoms with Gasteiger partial charge < -0.3 is 0 Å². The summed E-state index contributed by atoms with van der Waals surface area (Å²) in [5.74, 6) is 0.245. The third kappa shape index (κ3) is 4.25. The summed E-state index contributed by atoms with van der Waals surface area (Å²) in [5, 5.41) is 7.57. The minimum absolute atomic E-state index is 0.0942. The highest BCUT2D eigenvalue weighted by molar-refractivity contribution is 8.01. The monoisotopic (exact) mass is 447 g/mol. The van der Waals surface area contributed by atoms with Crippen LogP contribution < -0.4 is 4.72 Å². The fraction of sp³-hybridized carbons (Fsp3) is 0.333. The fourth-order valence-electron chi connectivity index (χ4n) is 1.79. The van der Waals surface area contributed by atoms with Crippen LogP contribution in [0, 0.1) is 11.7 Å². The third-order valence-electron chi connectivity index (χ3n) is 3.18. The molecule has 0 spiro atoms. The zero-order valence-corrected chi connectivity index (χ0v) is 16.4. The number of nitrogens with zero attached hydrogens (tertiary/aromatic N) is 2. The summed E-state index contributed by atoms with van der Waals surface area (Å²) in [7, 11) is -3.98. The molecule has 130 valence electrons. The molecule has 12 heteroatoms. The Morgan fingerprint density at radius 3 is 2.75 bits per heavy atom. The van der Waals surface area contributed by atoms with Crippen molar-refractivity contribution in [3.8, 4) is 0 Å². The number of rotatable bonds is 6. The molecule has 1 N–H and O–H groups in total. The van der Waals surface area contributed by atoms with E-state index in [4.69, 9.17) is 34.8 Å². The molecule has 0 radical (unpaired) electrons. The van der Waals surface area contributed by atoms with Crippen LogP contribution >= 0.6 is 57.9 Å². The number of hydrogen-bond donors (Lipinski definition) is 1. The molecule has 1 fully saturated rings.